The number of benzene rings is 2. The molecule has 0 aliphatic rings. The molecular weight excluding hydrogens is 277 g/mol. The van der Waals surface area contributed by atoms with Crippen LogP contribution in [0.4, 0.5) is 4.39 Å². The van der Waals surface area contributed by atoms with Gasteiger partial charge < -0.3 is 5.73 Å². The SMILES string of the molecule is NCC(CS(=O)(=O)c1ccc(F)cc1)c1ccccc1. The summed E-state index contributed by atoms with van der Waals surface area (Å²) in [5.41, 5.74) is 6.58. The van der Waals surface area contributed by atoms with Gasteiger partial charge >= 0.3 is 0 Å². The predicted octanol–water partition coefficient (Wildman–Crippen LogP) is 2.34. The average molecular weight is 293 g/mol. The van der Waals surface area contributed by atoms with Crippen molar-refractivity contribution >= 4 is 9.84 Å². The molecule has 0 fully saturated rings. The number of hydrogen-bond donors (Lipinski definition) is 1. The number of rotatable bonds is 5. The molecule has 0 aliphatic carbocycles. The van der Waals surface area contributed by atoms with Gasteiger partial charge in [0.05, 0.1) is 10.6 Å². The molecule has 2 aromatic rings. The highest BCUT2D eigenvalue weighted by atomic mass is 32.2. The van der Waals surface area contributed by atoms with Crippen molar-refractivity contribution in [2.75, 3.05) is 12.3 Å². The smallest absolute Gasteiger partial charge is 0.179 e. The minimum Gasteiger partial charge on any atom is -0.330 e. The first kappa shape index (κ1) is 14.7. The van der Waals surface area contributed by atoms with E-state index in [1.165, 1.54) is 12.1 Å². The van der Waals surface area contributed by atoms with E-state index in [4.69, 9.17) is 5.73 Å². The fraction of sp³-hybridized carbons (Fsp3) is 0.200. The lowest BCUT2D eigenvalue weighted by molar-refractivity contribution is 0.586. The molecule has 0 amide bonds. The standard InChI is InChI=1S/C15H16FNO2S/c16-14-6-8-15(9-7-14)20(18,19)11-13(10-17)12-4-2-1-3-5-12/h1-9,13H,10-11,17H2. The first-order valence-corrected chi connectivity index (χ1v) is 7.91. The first-order valence-electron chi connectivity index (χ1n) is 6.26. The third-order valence-electron chi connectivity index (χ3n) is 3.15. The van der Waals surface area contributed by atoms with Crippen molar-refractivity contribution in [1.29, 1.82) is 0 Å². The molecule has 0 aromatic heterocycles. The van der Waals surface area contributed by atoms with Gasteiger partial charge in [0.15, 0.2) is 9.84 Å². The van der Waals surface area contributed by atoms with Crippen molar-refractivity contribution < 1.29 is 12.8 Å². The summed E-state index contributed by atoms with van der Waals surface area (Å²) in [5.74, 6) is -0.812. The molecule has 106 valence electrons. The van der Waals surface area contributed by atoms with E-state index in [1.807, 2.05) is 30.3 Å². The molecule has 2 aromatic carbocycles. The number of halogens is 1. The van der Waals surface area contributed by atoms with E-state index < -0.39 is 15.7 Å². The van der Waals surface area contributed by atoms with Gasteiger partial charge in [0.2, 0.25) is 0 Å². The quantitative estimate of drug-likeness (QED) is 0.861. The average Bonchev–Trinajstić information content (AvgIpc) is 2.46. The van der Waals surface area contributed by atoms with E-state index in [1.54, 1.807) is 0 Å². The topological polar surface area (TPSA) is 60.2 Å². The minimum atomic E-state index is -3.48. The van der Waals surface area contributed by atoms with Gasteiger partial charge in [-0.05, 0) is 29.8 Å². The highest BCUT2D eigenvalue weighted by Crippen LogP contribution is 2.21. The predicted molar refractivity (Wildman–Crippen MR) is 76.7 cm³/mol. The maximum atomic E-state index is 12.9. The molecule has 0 aliphatic heterocycles. The Labute approximate surface area is 118 Å². The van der Waals surface area contributed by atoms with Gasteiger partial charge in [-0.3, -0.25) is 0 Å². The van der Waals surface area contributed by atoms with E-state index in [0.717, 1.165) is 17.7 Å². The Bertz CT molecular complexity index is 654. The third kappa shape index (κ3) is 3.43. The lowest BCUT2D eigenvalue weighted by atomic mass is 10.0. The van der Waals surface area contributed by atoms with Gasteiger partial charge in [-0.1, -0.05) is 30.3 Å². The van der Waals surface area contributed by atoms with Crippen LogP contribution in [0.3, 0.4) is 0 Å². The van der Waals surface area contributed by atoms with E-state index in [2.05, 4.69) is 0 Å². The molecule has 0 spiro atoms. The Kier molecular flexibility index (Phi) is 4.52. The van der Waals surface area contributed by atoms with Crippen molar-refractivity contribution in [2.24, 2.45) is 5.73 Å². The third-order valence-corrected chi connectivity index (χ3v) is 4.98. The van der Waals surface area contributed by atoms with E-state index in [0.29, 0.717) is 0 Å². The molecule has 3 nitrogen and oxygen atoms in total. The van der Waals surface area contributed by atoms with Crippen LogP contribution in [0.1, 0.15) is 11.5 Å². The van der Waals surface area contributed by atoms with Gasteiger partial charge in [0.1, 0.15) is 5.82 Å². The molecule has 2 N–H and O–H groups in total. The second-order valence-corrected chi connectivity index (χ2v) is 6.61. The number of nitrogens with two attached hydrogens (primary N) is 1. The highest BCUT2D eigenvalue weighted by molar-refractivity contribution is 7.91. The number of hydrogen-bond acceptors (Lipinski definition) is 3. The van der Waals surface area contributed by atoms with E-state index in [9.17, 15) is 12.8 Å². The van der Waals surface area contributed by atoms with Gasteiger partial charge in [-0.25, -0.2) is 12.8 Å². The molecule has 0 saturated heterocycles. The molecule has 1 unspecified atom stereocenters. The summed E-state index contributed by atoms with van der Waals surface area (Å²) in [4.78, 5) is 0.119. The Hall–Kier alpha value is -1.72. The van der Waals surface area contributed by atoms with Crippen LogP contribution in [0, 0.1) is 5.82 Å². The zero-order valence-electron chi connectivity index (χ0n) is 10.9. The van der Waals surface area contributed by atoms with Gasteiger partial charge in [0.25, 0.3) is 0 Å². The summed E-state index contributed by atoms with van der Waals surface area (Å²) in [7, 11) is -3.48. The fourth-order valence-corrected chi connectivity index (χ4v) is 3.63. The normalized spacial score (nSPS) is 13.1. The zero-order chi connectivity index (χ0) is 14.6. The van der Waals surface area contributed by atoms with Crippen molar-refractivity contribution in [3.8, 4) is 0 Å². The fourth-order valence-electron chi connectivity index (χ4n) is 2.03. The van der Waals surface area contributed by atoms with Gasteiger partial charge in [0, 0.05) is 12.5 Å². The van der Waals surface area contributed by atoms with Crippen LogP contribution >= 0.6 is 0 Å². The second kappa shape index (κ2) is 6.15. The summed E-state index contributed by atoms with van der Waals surface area (Å²) in [6.45, 7) is 0.241. The van der Waals surface area contributed by atoms with E-state index >= 15 is 0 Å². The highest BCUT2D eigenvalue weighted by Gasteiger charge is 2.21. The molecular formula is C15H16FNO2S. The molecule has 0 saturated carbocycles. The molecule has 0 radical (unpaired) electrons. The van der Waals surface area contributed by atoms with Gasteiger partial charge in [-0.2, -0.15) is 0 Å². The van der Waals surface area contributed by atoms with Gasteiger partial charge in [-0.15, -0.1) is 0 Å². The largest absolute Gasteiger partial charge is 0.330 e. The lowest BCUT2D eigenvalue weighted by Crippen LogP contribution is -2.22. The first-order chi connectivity index (χ1) is 9.53. The maximum Gasteiger partial charge on any atom is 0.179 e. The lowest BCUT2D eigenvalue weighted by Gasteiger charge is -2.15. The number of sulfone groups is 1. The summed E-state index contributed by atoms with van der Waals surface area (Å²) >= 11 is 0. The second-order valence-electron chi connectivity index (χ2n) is 4.58. The molecule has 2 rings (SSSR count). The van der Waals surface area contributed by atoms with Crippen LogP contribution in [0.15, 0.2) is 59.5 Å². The van der Waals surface area contributed by atoms with Crippen LogP contribution in [0.2, 0.25) is 0 Å². The van der Waals surface area contributed by atoms with Crippen LogP contribution in [-0.2, 0) is 9.84 Å². The Morgan fingerprint density at radius 3 is 2.15 bits per heavy atom. The Morgan fingerprint density at radius 1 is 1.00 bits per heavy atom. The Balaban J connectivity index is 2.24. The van der Waals surface area contributed by atoms with Crippen molar-refractivity contribution in [3.05, 3.63) is 66.0 Å². The molecule has 20 heavy (non-hydrogen) atoms. The summed E-state index contributed by atoms with van der Waals surface area (Å²) in [6, 6.07) is 14.1. The van der Waals surface area contributed by atoms with Crippen molar-refractivity contribution in [2.45, 2.75) is 10.8 Å². The molecule has 5 heteroatoms. The van der Waals surface area contributed by atoms with Crippen LogP contribution in [-0.4, -0.2) is 20.7 Å². The van der Waals surface area contributed by atoms with Crippen LogP contribution < -0.4 is 5.73 Å². The Morgan fingerprint density at radius 2 is 1.60 bits per heavy atom. The molecule has 1 atom stereocenters. The van der Waals surface area contributed by atoms with E-state index in [-0.39, 0.29) is 23.1 Å². The van der Waals surface area contributed by atoms with Crippen LogP contribution in [0.5, 0.6) is 0 Å². The monoisotopic (exact) mass is 293 g/mol. The summed E-state index contributed by atoms with van der Waals surface area (Å²) in [6.07, 6.45) is 0. The molecule has 0 heterocycles. The maximum absolute atomic E-state index is 12.9. The summed E-state index contributed by atoms with van der Waals surface area (Å²) in [5, 5.41) is 0. The van der Waals surface area contributed by atoms with Crippen LogP contribution in [0.25, 0.3) is 0 Å². The summed E-state index contributed by atoms with van der Waals surface area (Å²) < 4.78 is 37.5. The molecule has 0 bridgehead atoms. The van der Waals surface area contributed by atoms with Crippen molar-refractivity contribution in [3.63, 3.8) is 0 Å². The van der Waals surface area contributed by atoms with Crippen molar-refractivity contribution in [1.82, 2.24) is 0 Å². The zero-order valence-corrected chi connectivity index (χ0v) is 11.7. The minimum absolute atomic E-state index is 0.0842.